The van der Waals surface area contributed by atoms with Gasteiger partial charge in [-0.15, -0.1) is 0 Å². The second-order valence-electron chi connectivity index (χ2n) is 4.43. The van der Waals surface area contributed by atoms with Gasteiger partial charge in [-0.25, -0.2) is 18.1 Å². The Morgan fingerprint density at radius 2 is 1.77 bits per heavy atom. The first-order valence-electron chi connectivity index (χ1n) is 6.52. The molecule has 0 spiro atoms. The van der Waals surface area contributed by atoms with Crippen molar-refractivity contribution in [3.05, 3.63) is 60.2 Å². The van der Waals surface area contributed by atoms with E-state index >= 15 is 0 Å². The molecule has 0 aliphatic carbocycles. The Morgan fingerprint density at radius 3 is 2.45 bits per heavy atom. The topological polar surface area (TPSA) is 93.8 Å². The van der Waals surface area contributed by atoms with E-state index in [0.717, 1.165) is 5.56 Å². The van der Waals surface area contributed by atoms with Gasteiger partial charge in [0.2, 0.25) is 5.96 Å². The van der Waals surface area contributed by atoms with Crippen molar-refractivity contribution in [3.63, 3.8) is 0 Å². The largest absolute Gasteiger partial charge is 0.496 e. The summed E-state index contributed by atoms with van der Waals surface area (Å²) >= 11 is 0. The van der Waals surface area contributed by atoms with Gasteiger partial charge in [-0.2, -0.15) is 0 Å². The second kappa shape index (κ2) is 6.95. The predicted molar refractivity (Wildman–Crippen MR) is 85.1 cm³/mol. The number of ether oxygens (including phenoxy) is 1. The number of nitrogens with zero attached hydrogens (tertiary/aromatic N) is 1. The summed E-state index contributed by atoms with van der Waals surface area (Å²) < 4.78 is 31.6. The maximum atomic E-state index is 12.1. The maximum absolute atomic E-state index is 12.1. The minimum absolute atomic E-state index is 0.130. The Balaban J connectivity index is 2.10. The molecule has 3 N–H and O–H groups in total. The summed E-state index contributed by atoms with van der Waals surface area (Å²) in [5.41, 5.74) is 6.47. The summed E-state index contributed by atoms with van der Waals surface area (Å²) in [6, 6.07) is 15.3. The van der Waals surface area contributed by atoms with Gasteiger partial charge in [0.1, 0.15) is 5.75 Å². The Kier molecular flexibility index (Phi) is 5.00. The van der Waals surface area contributed by atoms with Crippen LogP contribution in [0.3, 0.4) is 0 Å². The number of hydrogen-bond acceptors (Lipinski definition) is 4. The van der Waals surface area contributed by atoms with E-state index in [0.29, 0.717) is 5.75 Å². The molecule has 0 aromatic heterocycles. The molecule has 0 saturated carbocycles. The normalized spacial score (nSPS) is 12.0. The molecule has 2 aromatic rings. The van der Waals surface area contributed by atoms with Gasteiger partial charge in [0.05, 0.1) is 18.6 Å². The lowest BCUT2D eigenvalue weighted by Gasteiger charge is -2.08. The molecular weight excluding hydrogens is 302 g/mol. The van der Waals surface area contributed by atoms with Crippen molar-refractivity contribution >= 4 is 16.0 Å². The minimum Gasteiger partial charge on any atom is -0.496 e. The monoisotopic (exact) mass is 319 g/mol. The van der Waals surface area contributed by atoms with Gasteiger partial charge in [-0.1, -0.05) is 36.4 Å². The molecule has 0 aliphatic heterocycles. The molecule has 2 rings (SSSR count). The third-order valence-corrected chi connectivity index (χ3v) is 4.28. The highest BCUT2D eigenvalue weighted by Gasteiger charge is 2.14. The van der Waals surface area contributed by atoms with Crippen molar-refractivity contribution in [2.75, 3.05) is 7.11 Å². The van der Waals surface area contributed by atoms with Crippen molar-refractivity contribution in [2.24, 2.45) is 10.7 Å². The number of nitrogens with one attached hydrogen (secondary N) is 1. The summed E-state index contributed by atoms with van der Waals surface area (Å²) in [5.74, 6) is 0.500. The fraction of sp³-hybridized carbons (Fsp3) is 0.133. The number of para-hydroxylation sites is 1. The van der Waals surface area contributed by atoms with E-state index < -0.39 is 10.0 Å². The van der Waals surface area contributed by atoms with Crippen LogP contribution in [0, 0.1) is 0 Å². The highest BCUT2D eigenvalue weighted by Crippen LogP contribution is 2.17. The fourth-order valence-corrected chi connectivity index (χ4v) is 2.81. The third kappa shape index (κ3) is 3.98. The highest BCUT2D eigenvalue weighted by atomic mass is 32.2. The van der Waals surface area contributed by atoms with E-state index in [4.69, 9.17) is 10.5 Å². The quantitative estimate of drug-likeness (QED) is 0.645. The SMILES string of the molecule is COc1ccccc1CN=C(N)NS(=O)(=O)c1ccccc1. The Bertz CT molecular complexity index is 759. The summed E-state index contributed by atoms with van der Waals surface area (Å²) in [5, 5.41) is 0. The van der Waals surface area contributed by atoms with Crippen LogP contribution in [0.25, 0.3) is 0 Å². The van der Waals surface area contributed by atoms with E-state index in [-0.39, 0.29) is 17.4 Å². The van der Waals surface area contributed by atoms with Crippen LogP contribution in [-0.4, -0.2) is 21.5 Å². The molecule has 6 nitrogen and oxygen atoms in total. The second-order valence-corrected chi connectivity index (χ2v) is 6.11. The fourth-order valence-electron chi connectivity index (χ4n) is 1.83. The maximum Gasteiger partial charge on any atom is 0.264 e. The average Bonchev–Trinajstić information content (AvgIpc) is 2.53. The first-order chi connectivity index (χ1) is 10.5. The summed E-state index contributed by atoms with van der Waals surface area (Å²) in [6.07, 6.45) is 0. The molecule has 22 heavy (non-hydrogen) atoms. The average molecular weight is 319 g/mol. The highest BCUT2D eigenvalue weighted by molar-refractivity contribution is 7.90. The number of rotatable bonds is 5. The molecule has 0 saturated heterocycles. The molecule has 0 fully saturated rings. The van der Waals surface area contributed by atoms with Crippen LogP contribution in [0.5, 0.6) is 5.75 Å². The zero-order valence-electron chi connectivity index (χ0n) is 12.1. The van der Waals surface area contributed by atoms with Crippen LogP contribution in [0.1, 0.15) is 5.56 Å². The Hall–Kier alpha value is -2.54. The lowest BCUT2D eigenvalue weighted by atomic mass is 10.2. The number of benzene rings is 2. The molecule has 7 heteroatoms. The number of methoxy groups -OCH3 is 1. The molecule has 0 heterocycles. The van der Waals surface area contributed by atoms with E-state index in [1.54, 1.807) is 31.4 Å². The molecule has 0 unspecified atom stereocenters. The number of nitrogens with two attached hydrogens (primary N) is 1. The lowest BCUT2D eigenvalue weighted by Crippen LogP contribution is -2.36. The van der Waals surface area contributed by atoms with Gasteiger partial charge in [-0.05, 0) is 18.2 Å². The van der Waals surface area contributed by atoms with Gasteiger partial charge in [-0.3, -0.25) is 0 Å². The number of guanidine groups is 1. The first-order valence-corrected chi connectivity index (χ1v) is 8.01. The molecule has 0 bridgehead atoms. The number of aliphatic imine (C=N–C) groups is 1. The zero-order chi connectivity index (χ0) is 16.0. The summed E-state index contributed by atoms with van der Waals surface area (Å²) in [4.78, 5) is 4.17. The van der Waals surface area contributed by atoms with E-state index in [2.05, 4.69) is 9.71 Å². The summed E-state index contributed by atoms with van der Waals surface area (Å²) in [7, 11) is -2.16. The van der Waals surface area contributed by atoms with Crippen LogP contribution in [0.4, 0.5) is 0 Å². The van der Waals surface area contributed by atoms with Crippen molar-refractivity contribution in [1.29, 1.82) is 0 Å². The number of hydrogen-bond donors (Lipinski definition) is 2. The molecule has 0 amide bonds. The molecule has 0 atom stereocenters. The predicted octanol–water partition coefficient (Wildman–Crippen LogP) is 1.49. The van der Waals surface area contributed by atoms with Crippen LogP contribution in [0.2, 0.25) is 0 Å². The molecule has 2 aromatic carbocycles. The minimum atomic E-state index is -3.72. The van der Waals surface area contributed by atoms with Gasteiger partial charge in [0.15, 0.2) is 0 Å². The van der Waals surface area contributed by atoms with E-state index in [1.807, 2.05) is 18.2 Å². The Labute approximate surface area is 129 Å². The van der Waals surface area contributed by atoms with Crippen LogP contribution < -0.4 is 15.2 Å². The molecule has 0 aliphatic rings. The summed E-state index contributed by atoms with van der Waals surface area (Å²) in [6.45, 7) is 0.215. The van der Waals surface area contributed by atoms with Gasteiger partial charge in [0, 0.05) is 5.56 Å². The molecular formula is C15H17N3O3S. The van der Waals surface area contributed by atoms with Crippen LogP contribution in [0.15, 0.2) is 64.5 Å². The Morgan fingerprint density at radius 1 is 1.14 bits per heavy atom. The van der Waals surface area contributed by atoms with E-state index in [1.165, 1.54) is 12.1 Å². The smallest absolute Gasteiger partial charge is 0.264 e. The lowest BCUT2D eigenvalue weighted by molar-refractivity contribution is 0.410. The zero-order valence-corrected chi connectivity index (χ0v) is 12.9. The van der Waals surface area contributed by atoms with Crippen LogP contribution in [-0.2, 0) is 16.6 Å². The molecule has 116 valence electrons. The van der Waals surface area contributed by atoms with Crippen molar-refractivity contribution in [2.45, 2.75) is 11.4 Å². The van der Waals surface area contributed by atoms with E-state index in [9.17, 15) is 8.42 Å². The third-order valence-electron chi connectivity index (χ3n) is 2.90. The van der Waals surface area contributed by atoms with Crippen LogP contribution >= 0.6 is 0 Å². The number of sulfonamides is 1. The van der Waals surface area contributed by atoms with Crippen molar-refractivity contribution < 1.29 is 13.2 Å². The molecule has 0 radical (unpaired) electrons. The first kappa shape index (κ1) is 15.8. The van der Waals surface area contributed by atoms with Crippen molar-refractivity contribution in [3.8, 4) is 5.75 Å². The van der Waals surface area contributed by atoms with Gasteiger partial charge in [0.25, 0.3) is 10.0 Å². The van der Waals surface area contributed by atoms with Gasteiger partial charge < -0.3 is 10.5 Å². The van der Waals surface area contributed by atoms with Gasteiger partial charge >= 0.3 is 0 Å². The standard InChI is InChI=1S/C15H17N3O3S/c1-21-14-10-6-5-7-12(14)11-17-15(16)18-22(19,20)13-8-3-2-4-9-13/h2-10H,11H2,1H3,(H3,16,17,18). The van der Waals surface area contributed by atoms with Crippen molar-refractivity contribution in [1.82, 2.24) is 4.72 Å².